The van der Waals surface area contributed by atoms with Crippen LogP contribution in [0.5, 0.6) is 0 Å². The maximum atomic E-state index is 12.4. The summed E-state index contributed by atoms with van der Waals surface area (Å²) >= 11 is 0. The molecule has 0 aliphatic carbocycles. The number of amides is 1. The molecule has 1 saturated heterocycles. The van der Waals surface area contributed by atoms with Crippen LogP contribution in [-0.4, -0.2) is 30.9 Å². The van der Waals surface area contributed by atoms with E-state index in [-0.39, 0.29) is 17.9 Å². The van der Waals surface area contributed by atoms with Crippen molar-refractivity contribution in [1.29, 1.82) is 5.39 Å². The van der Waals surface area contributed by atoms with Gasteiger partial charge in [0.15, 0.2) is 4.98 Å². The minimum Gasteiger partial charge on any atom is -0.488 e. The van der Waals surface area contributed by atoms with E-state index in [4.69, 9.17) is 5.39 Å². The third-order valence-corrected chi connectivity index (χ3v) is 4.86. The zero-order chi connectivity index (χ0) is 15.6. The Labute approximate surface area is 122 Å². The van der Waals surface area contributed by atoms with Crippen LogP contribution in [0.1, 0.15) is 18.4 Å². The van der Waals surface area contributed by atoms with E-state index in [9.17, 15) is 18.3 Å². The summed E-state index contributed by atoms with van der Waals surface area (Å²) in [6, 6.07) is 5.85. The average molecular weight is 308 g/mol. The number of carbonyl (C=O) groups excluding carboxylic acids is 1. The topological polar surface area (TPSA) is 103 Å². The van der Waals surface area contributed by atoms with Gasteiger partial charge in [-0.3, -0.25) is 9.69 Å². The Kier molecular flexibility index (Phi) is 3.95. The van der Waals surface area contributed by atoms with Gasteiger partial charge < -0.3 is 5.11 Å². The highest BCUT2D eigenvalue weighted by Gasteiger charge is 2.42. The van der Waals surface area contributed by atoms with E-state index >= 15 is 0 Å². The van der Waals surface area contributed by atoms with Gasteiger partial charge in [-0.05, 0) is 25.5 Å². The van der Waals surface area contributed by atoms with Crippen molar-refractivity contribution >= 4 is 15.7 Å². The molecule has 21 heavy (non-hydrogen) atoms. The molecule has 0 unspecified atom stereocenters. The van der Waals surface area contributed by atoms with Gasteiger partial charge in [-0.25, -0.2) is 8.42 Å². The summed E-state index contributed by atoms with van der Waals surface area (Å²) in [4.78, 5) is 15.0. The highest BCUT2D eigenvalue weighted by atomic mass is 32.2. The summed E-state index contributed by atoms with van der Waals surface area (Å²) in [5, 5.41) is 18.0. The molecule has 0 spiro atoms. The second-order valence-corrected chi connectivity index (χ2v) is 6.56. The van der Waals surface area contributed by atoms with E-state index in [0.29, 0.717) is 6.42 Å². The first-order valence-corrected chi connectivity index (χ1v) is 7.76. The van der Waals surface area contributed by atoms with Gasteiger partial charge in [-0.1, -0.05) is 17.7 Å². The predicted molar refractivity (Wildman–Crippen MR) is 74.1 cm³/mol. The van der Waals surface area contributed by atoms with E-state index in [2.05, 4.69) is 4.98 Å². The molecular weight excluding hydrogens is 294 g/mol. The molecule has 1 aromatic carbocycles. The molecule has 1 aliphatic rings. The van der Waals surface area contributed by atoms with Gasteiger partial charge in [0.25, 0.3) is 9.84 Å². The molecule has 110 valence electrons. The van der Waals surface area contributed by atoms with E-state index in [1.165, 1.54) is 12.1 Å². The number of nitrogens with zero attached hydrogens (tertiary/aromatic N) is 3. The zero-order valence-corrected chi connectivity index (χ0v) is 12.2. The Balaban J connectivity index is 2.52. The number of rotatable bonds is 3. The monoisotopic (exact) mass is 308 g/mol. The van der Waals surface area contributed by atoms with Crippen LogP contribution in [0.4, 0.5) is 0 Å². The Morgan fingerprint density at radius 3 is 2.43 bits per heavy atom. The van der Waals surface area contributed by atoms with Crippen LogP contribution in [0.3, 0.4) is 0 Å². The highest BCUT2D eigenvalue weighted by molar-refractivity contribution is 7.95. The molecular formula is C13H14N3O4S+. The van der Waals surface area contributed by atoms with Gasteiger partial charge in [0, 0.05) is 13.0 Å². The third kappa shape index (κ3) is 2.73. The average Bonchev–Trinajstić information content (AvgIpc) is 2.86. The molecule has 1 N–H and O–H groups in total. The SMILES string of the molecule is Cc1ccc(S(=O)(=O)/C([N+]#N)=C(\O)N2CCCC2=O)cc1. The molecule has 8 heteroatoms. The summed E-state index contributed by atoms with van der Waals surface area (Å²) < 4.78 is 24.7. The van der Waals surface area contributed by atoms with E-state index in [0.717, 1.165) is 10.5 Å². The van der Waals surface area contributed by atoms with Crippen molar-refractivity contribution in [3.8, 4) is 0 Å². The summed E-state index contributed by atoms with van der Waals surface area (Å²) in [7, 11) is -4.21. The van der Waals surface area contributed by atoms with Crippen LogP contribution in [0.25, 0.3) is 4.98 Å². The minimum absolute atomic E-state index is 0.126. The van der Waals surface area contributed by atoms with Crippen LogP contribution in [0.15, 0.2) is 40.1 Å². The Morgan fingerprint density at radius 2 is 1.95 bits per heavy atom. The molecule has 7 nitrogen and oxygen atoms in total. The molecule has 1 heterocycles. The van der Waals surface area contributed by atoms with Crippen LogP contribution in [-0.2, 0) is 14.6 Å². The van der Waals surface area contributed by atoms with Crippen LogP contribution in [0.2, 0.25) is 0 Å². The van der Waals surface area contributed by atoms with Crippen molar-refractivity contribution in [2.24, 2.45) is 0 Å². The van der Waals surface area contributed by atoms with Crippen molar-refractivity contribution in [1.82, 2.24) is 4.90 Å². The van der Waals surface area contributed by atoms with Crippen LogP contribution < -0.4 is 0 Å². The zero-order valence-electron chi connectivity index (χ0n) is 11.4. The van der Waals surface area contributed by atoms with Crippen molar-refractivity contribution in [3.05, 3.63) is 45.7 Å². The number of hydrogen-bond acceptors (Lipinski definition) is 5. The van der Waals surface area contributed by atoms with Gasteiger partial charge in [-0.2, -0.15) is 0 Å². The lowest BCUT2D eigenvalue weighted by Gasteiger charge is -2.11. The Hall–Kier alpha value is -2.40. The molecule has 2 rings (SSSR count). The van der Waals surface area contributed by atoms with Gasteiger partial charge in [0.1, 0.15) is 0 Å². The molecule has 1 aliphatic heterocycles. The highest BCUT2D eigenvalue weighted by Crippen LogP contribution is 2.26. The van der Waals surface area contributed by atoms with E-state index < -0.39 is 26.7 Å². The standard InChI is InChI=1S/C13H13N3O4S/c1-9-4-6-10(7-5-9)21(19,20)12(15-14)13(18)16-8-2-3-11(16)17/h4-7H,2-3,8H2,1H3/p+1/b13-12-. The van der Waals surface area contributed by atoms with Crippen LogP contribution >= 0.6 is 0 Å². The predicted octanol–water partition coefficient (Wildman–Crippen LogP) is 1.93. The smallest absolute Gasteiger partial charge is 0.488 e. The summed E-state index contributed by atoms with van der Waals surface area (Å²) in [5.74, 6) is -1.26. The number of aliphatic hydroxyl groups excluding tert-OH is 1. The largest absolute Gasteiger partial charge is 0.538 e. The van der Waals surface area contributed by atoms with Crippen molar-refractivity contribution in [3.63, 3.8) is 0 Å². The molecule has 0 saturated carbocycles. The first-order chi connectivity index (χ1) is 9.87. The number of hydrogen-bond donors (Lipinski definition) is 1. The molecule has 0 radical (unpaired) electrons. The number of carbonyl (C=O) groups is 1. The molecule has 1 fully saturated rings. The van der Waals surface area contributed by atoms with Crippen molar-refractivity contribution < 1.29 is 18.3 Å². The summed E-state index contributed by atoms with van der Waals surface area (Å²) in [6.45, 7) is 1.98. The lowest BCUT2D eigenvalue weighted by Crippen LogP contribution is -2.26. The third-order valence-electron chi connectivity index (χ3n) is 3.20. The van der Waals surface area contributed by atoms with Crippen molar-refractivity contribution in [2.45, 2.75) is 24.7 Å². The lowest BCUT2D eigenvalue weighted by atomic mass is 10.2. The molecule has 1 amide bonds. The lowest BCUT2D eigenvalue weighted by molar-refractivity contribution is -0.127. The number of diazo groups is 1. The number of aryl methyl sites for hydroxylation is 1. The number of benzene rings is 1. The van der Waals surface area contributed by atoms with Gasteiger partial charge in [0.2, 0.25) is 11.3 Å². The van der Waals surface area contributed by atoms with E-state index in [1.807, 2.05) is 0 Å². The van der Waals surface area contributed by atoms with Gasteiger partial charge in [0.05, 0.1) is 4.90 Å². The number of likely N-dealkylation sites (tertiary alicyclic amines) is 1. The maximum Gasteiger partial charge on any atom is 0.538 e. The fourth-order valence-electron chi connectivity index (χ4n) is 2.04. The Morgan fingerprint density at radius 1 is 1.33 bits per heavy atom. The van der Waals surface area contributed by atoms with E-state index in [1.54, 1.807) is 19.1 Å². The second-order valence-electron chi connectivity index (χ2n) is 4.69. The summed E-state index contributed by atoms with van der Waals surface area (Å²) in [5.41, 5.74) is 0.861. The second kappa shape index (κ2) is 5.54. The Bertz CT molecular complexity index is 745. The summed E-state index contributed by atoms with van der Waals surface area (Å²) in [6.07, 6.45) is 0.722. The van der Waals surface area contributed by atoms with Gasteiger partial charge >= 0.3 is 10.9 Å². The number of sulfone groups is 1. The fraction of sp³-hybridized carbons (Fsp3) is 0.308. The molecule has 1 aromatic rings. The number of aliphatic hydroxyl groups is 1. The molecule has 0 atom stereocenters. The minimum atomic E-state index is -4.21. The molecule has 0 bridgehead atoms. The first kappa shape index (κ1) is 15.0. The quantitative estimate of drug-likeness (QED) is 0.679. The first-order valence-electron chi connectivity index (χ1n) is 6.28. The normalized spacial score (nSPS) is 16.6. The van der Waals surface area contributed by atoms with Crippen molar-refractivity contribution in [2.75, 3.05) is 6.54 Å². The van der Waals surface area contributed by atoms with Gasteiger partial charge in [-0.15, -0.1) is 0 Å². The van der Waals surface area contributed by atoms with Crippen LogP contribution in [0, 0.1) is 12.3 Å². The maximum absolute atomic E-state index is 12.4. The fourth-order valence-corrected chi connectivity index (χ4v) is 3.21. The molecule has 0 aromatic heterocycles.